The van der Waals surface area contributed by atoms with Gasteiger partial charge < -0.3 is 19.9 Å². The lowest BCUT2D eigenvalue weighted by atomic mass is 10.4. The molecule has 1 amide bonds. The van der Waals surface area contributed by atoms with Crippen LogP contribution < -0.4 is 5.32 Å². The van der Waals surface area contributed by atoms with Gasteiger partial charge in [0.1, 0.15) is 6.61 Å². The molecule has 0 aromatic carbocycles. The number of carbonyl (C=O) groups is 3. The van der Waals surface area contributed by atoms with Crippen molar-refractivity contribution in [3.05, 3.63) is 12.2 Å². The zero-order chi connectivity index (χ0) is 13.3. The summed E-state index contributed by atoms with van der Waals surface area (Å²) in [5.41, 5.74) is 0.304. The summed E-state index contributed by atoms with van der Waals surface area (Å²) < 4.78 is 9.70. The van der Waals surface area contributed by atoms with Crippen molar-refractivity contribution >= 4 is 17.8 Å². The van der Waals surface area contributed by atoms with E-state index in [4.69, 9.17) is 14.6 Å². The summed E-state index contributed by atoms with van der Waals surface area (Å²) in [7, 11) is 0. The van der Waals surface area contributed by atoms with E-state index in [2.05, 4.69) is 11.9 Å². The molecule has 0 saturated heterocycles. The van der Waals surface area contributed by atoms with E-state index in [1.807, 2.05) is 0 Å². The maximum Gasteiger partial charge on any atom is 0.394 e. The van der Waals surface area contributed by atoms with E-state index >= 15 is 0 Å². The van der Waals surface area contributed by atoms with Crippen LogP contribution in [0.2, 0.25) is 0 Å². The van der Waals surface area contributed by atoms with E-state index in [-0.39, 0.29) is 26.4 Å². The lowest BCUT2D eigenvalue weighted by molar-refractivity contribution is -0.150. The van der Waals surface area contributed by atoms with E-state index in [9.17, 15) is 14.4 Å². The van der Waals surface area contributed by atoms with Gasteiger partial charge in [0.05, 0.1) is 13.2 Å². The molecule has 0 spiro atoms. The molecule has 17 heavy (non-hydrogen) atoms. The van der Waals surface area contributed by atoms with Crippen LogP contribution in [-0.2, 0) is 23.9 Å². The first-order chi connectivity index (χ1) is 7.95. The van der Waals surface area contributed by atoms with Crippen molar-refractivity contribution in [1.29, 1.82) is 0 Å². The first kappa shape index (κ1) is 15.1. The smallest absolute Gasteiger partial charge is 0.394 e. The molecule has 0 aromatic rings. The molecule has 0 aliphatic rings. The first-order valence-electron chi connectivity index (χ1n) is 4.86. The normalized spacial score (nSPS) is 9.47. The molecule has 96 valence electrons. The van der Waals surface area contributed by atoms with Gasteiger partial charge in [0.2, 0.25) is 0 Å². The summed E-state index contributed by atoms with van der Waals surface area (Å²) in [6.45, 7) is 5.41. The molecule has 0 fully saturated rings. The maximum atomic E-state index is 10.9. The number of aliphatic carboxylic acids is 1. The van der Waals surface area contributed by atoms with Crippen LogP contribution in [0.25, 0.3) is 0 Å². The Balaban J connectivity index is 3.36. The largest absolute Gasteiger partial charge is 0.474 e. The second-order valence-corrected chi connectivity index (χ2v) is 3.09. The third kappa shape index (κ3) is 7.97. The van der Waals surface area contributed by atoms with Crippen molar-refractivity contribution in [3.8, 4) is 0 Å². The highest BCUT2D eigenvalue weighted by Crippen LogP contribution is 1.91. The van der Waals surface area contributed by atoms with Crippen LogP contribution in [0.1, 0.15) is 6.92 Å². The van der Waals surface area contributed by atoms with E-state index in [0.717, 1.165) is 0 Å². The van der Waals surface area contributed by atoms with Gasteiger partial charge in [0.15, 0.2) is 0 Å². The molecule has 0 aliphatic heterocycles. The number of hydrogen-bond donors (Lipinski definition) is 2. The Morgan fingerprint density at radius 1 is 1.24 bits per heavy atom. The number of nitrogens with one attached hydrogen (secondary N) is 1. The molecule has 0 saturated carbocycles. The van der Waals surface area contributed by atoms with Crippen molar-refractivity contribution in [1.82, 2.24) is 5.32 Å². The van der Waals surface area contributed by atoms with Gasteiger partial charge >= 0.3 is 17.8 Å². The number of carboxylic acid groups (broad SMARTS) is 1. The van der Waals surface area contributed by atoms with Crippen molar-refractivity contribution in [3.63, 3.8) is 0 Å². The van der Waals surface area contributed by atoms with Crippen LogP contribution in [0.15, 0.2) is 12.2 Å². The summed E-state index contributed by atoms with van der Waals surface area (Å²) >= 11 is 0. The summed E-state index contributed by atoms with van der Waals surface area (Å²) in [4.78, 5) is 31.5. The lowest BCUT2D eigenvalue weighted by Gasteiger charge is -2.06. The highest BCUT2D eigenvalue weighted by Gasteiger charge is 2.08. The SMILES string of the molecule is C=C(C)C(=O)OCCOCCNC(=O)C(=O)O. The lowest BCUT2D eigenvalue weighted by Crippen LogP contribution is -2.33. The monoisotopic (exact) mass is 245 g/mol. The fourth-order valence-electron chi connectivity index (χ4n) is 0.731. The van der Waals surface area contributed by atoms with Crippen molar-refractivity contribution in [2.45, 2.75) is 6.92 Å². The van der Waals surface area contributed by atoms with Crippen molar-refractivity contribution in [2.24, 2.45) is 0 Å². The minimum absolute atomic E-state index is 0.0819. The van der Waals surface area contributed by atoms with E-state index in [1.165, 1.54) is 6.92 Å². The third-order valence-electron chi connectivity index (χ3n) is 1.54. The average Bonchev–Trinajstić information content (AvgIpc) is 2.26. The van der Waals surface area contributed by atoms with Gasteiger partial charge in [-0.2, -0.15) is 0 Å². The van der Waals surface area contributed by atoms with Gasteiger partial charge in [-0.05, 0) is 6.92 Å². The van der Waals surface area contributed by atoms with E-state index in [1.54, 1.807) is 0 Å². The molecule has 0 radical (unpaired) electrons. The Morgan fingerprint density at radius 3 is 2.41 bits per heavy atom. The Bertz CT molecular complexity index is 282. The van der Waals surface area contributed by atoms with Gasteiger partial charge in [0.25, 0.3) is 0 Å². The second kappa shape index (κ2) is 8.28. The molecular formula is C10H15NO6. The number of hydrogen-bond acceptors (Lipinski definition) is 5. The number of esters is 1. The number of carboxylic acids is 1. The second-order valence-electron chi connectivity index (χ2n) is 3.09. The molecule has 2 N–H and O–H groups in total. The maximum absolute atomic E-state index is 10.9. The van der Waals surface area contributed by atoms with Crippen LogP contribution in [0.4, 0.5) is 0 Å². The number of ether oxygens (including phenoxy) is 2. The minimum atomic E-state index is -1.54. The summed E-state index contributed by atoms with van der Waals surface area (Å²) in [5.74, 6) is -3.12. The zero-order valence-electron chi connectivity index (χ0n) is 9.52. The Labute approximate surface area is 98.4 Å². The van der Waals surface area contributed by atoms with Crippen LogP contribution in [0.5, 0.6) is 0 Å². The van der Waals surface area contributed by atoms with Gasteiger partial charge in [0, 0.05) is 12.1 Å². The average molecular weight is 245 g/mol. The minimum Gasteiger partial charge on any atom is -0.474 e. The van der Waals surface area contributed by atoms with Crippen molar-refractivity contribution in [2.75, 3.05) is 26.4 Å². The van der Waals surface area contributed by atoms with E-state index in [0.29, 0.717) is 5.57 Å². The Kier molecular flexibility index (Phi) is 7.36. The predicted octanol–water partition coefficient (Wildman–Crippen LogP) is -0.677. The standard InChI is InChI=1S/C10H15NO6/c1-7(2)10(15)17-6-5-16-4-3-11-8(12)9(13)14/h1,3-6H2,2H3,(H,11,12)(H,13,14). The number of rotatable bonds is 7. The van der Waals surface area contributed by atoms with Gasteiger partial charge in [-0.25, -0.2) is 9.59 Å². The summed E-state index contributed by atoms with van der Waals surface area (Å²) in [6, 6.07) is 0. The third-order valence-corrected chi connectivity index (χ3v) is 1.54. The number of carbonyl (C=O) groups excluding carboxylic acids is 2. The highest BCUT2D eigenvalue weighted by molar-refractivity contribution is 6.31. The summed E-state index contributed by atoms with van der Waals surface area (Å²) in [6.07, 6.45) is 0. The molecule has 0 bridgehead atoms. The van der Waals surface area contributed by atoms with Crippen LogP contribution in [-0.4, -0.2) is 49.3 Å². The molecule has 0 unspecified atom stereocenters. The molecule has 7 heteroatoms. The summed E-state index contributed by atoms with van der Waals surface area (Å²) in [5, 5.41) is 10.3. The quantitative estimate of drug-likeness (QED) is 0.267. The molecule has 0 heterocycles. The molecule has 0 aromatic heterocycles. The van der Waals surface area contributed by atoms with E-state index < -0.39 is 17.8 Å². The molecule has 0 aliphatic carbocycles. The fraction of sp³-hybridized carbons (Fsp3) is 0.500. The highest BCUT2D eigenvalue weighted by atomic mass is 16.6. The van der Waals surface area contributed by atoms with Crippen LogP contribution in [0, 0.1) is 0 Å². The Hall–Kier alpha value is -1.89. The topological polar surface area (TPSA) is 102 Å². The Morgan fingerprint density at radius 2 is 1.88 bits per heavy atom. The first-order valence-corrected chi connectivity index (χ1v) is 4.86. The van der Waals surface area contributed by atoms with Crippen LogP contribution >= 0.6 is 0 Å². The number of amides is 1. The molecular weight excluding hydrogens is 230 g/mol. The predicted molar refractivity (Wildman–Crippen MR) is 57.2 cm³/mol. The fourth-order valence-corrected chi connectivity index (χ4v) is 0.731. The van der Waals surface area contributed by atoms with Crippen molar-refractivity contribution < 1.29 is 29.0 Å². The zero-order valence-corrected chi connectivity index (χ0v) is 9.52. The molecule has 0 atom stereocenters. The van der Waals surface area contributed by atoms with Gasteiger partial charge in [-0.3, -0.25) is 4.79 Å². The molecule has 0 rings (SSSR count). The van der Waals surface area contributed by atoms with Crippen LogP contribution in [0.3, 0.4) is 0 Å². The van der Waals surface area contributed by atoms with Gasteiger partial charge in [-0.1, -0.05) is 6.58 Å². The van der Waals surface area contributed by atoms with Gasteiger partial charge in [-0.15, -0.1) is 0 Å². The molecule has 7 nitrogen and oxygen atoms in total.